The molecule has 110 valence electrons. The van der Waals surface area contributed by atoms with E-state index >= 15 is 0 Å². The maximum Gasteiger partial charge on any atom is 0.0580 e. The number of aliphatic hydroxyl groups is 1. The Kier molecular flexibility index (Phi) is 4.48. The Morgan fingerprint density at radius 2 is 1.89 bits per heavy atom. The largest absolute Gasteiger partial charge is 0.393 e. The van der Waals surface area contributed by atoms with E-state index in [9.17, 15) is 5.11 Å². The second-order valence-corrected chi connectivity index (χ2v) is 7.31. The summed E-state index contributed by atoms with van der Waals surface area (Å²) < 4.78 is 0. The average molecular weight is 265 g/mol. The van der Waals surface area contributed by atoms with Gasteiger partial charge in [-0.2, -0.15) is 0 Å². The average Bonchev–Trinajstić information content (AvgIpc) is 2.85. The Labute approximate surface area is 118 Å². The van der Waals surface area contributed by atoms with E-state index < -0.39 is 0 Å². The van der Waals surface area contributed by atoms with Gasteiger partial charge >= 0.3 is 0 Å². The number of hydrogen-bond donors (Lipinski definition) is 1. The standard InChI is InChI=1S/C17H31NO/c1-2-13-7-8-17(19)15(11-13)12-18-10-9-14-5-3-4-6-16(14)18/h13-17,19H,2-12H2,1H3. The first-order valence-electron chi connectivity index (χ1n) is 8.70. The highest BCUT2D eigenvalue weighted by molar-refractivity contribution is 4.92. The van der Waals surface area contributed by atoms with Crippen molar-refractivity contribution in [2.75, 3.05) is 13.1 Å². The van der Waals surface area contributed by atoms with Gasteiger partial charge in [0.15, 0.2) is 0 Å². The minimum atomic E-state index is -0.0227. The van der Waals surface area contributed by atoms with Gasteiger partial charge in [-0.1, -0.05) is 26.2 Å². The SMILES string of the molecule is CCC1CCC(O)C(CN2CCC3CCCCC32)C1. The fourth-order valence-electron chi connectivity index (χ4n) is 4.94. The molecule has 0 bridgehead atoms. The van der Waals surface area contributed by atoms with E-state index in [4.69, 9.17) is 0 Å². The molecule has 2 saturated carbocycles. The van der Waals surface area contributed by atoms with Crippen molar-refractivity contribution in [3.05, 3.63) is 0 Å². The van der Waals surface area contributed by atoms with Crippen LogP contribution in [0.4, 0.5) is 0 Å². The van der Waals surface area contributed by atoms with Gasteiger partial charge in [0.05, 0.1) is 6.10 Å². The van der Waals surface area contributed by atoms with Gasteiger partial charge in [0.25, 0.3) is 0 Å². The van der Waals surface area contributed by atoms with E-state index in [0.717, 1.165) is 24.3 Å². The minimum Gasteiger partial charge on any atom is -0.393 e. The van der Waals surface area contributed by atoms with Crippen molar-refractivity contribution in [1.82, 2.24) is 4.90 Å². The molecule has 0 aromatic rings. The van der Waals surface area contributed by atoms with E-state index in [1.54, 1.807) is 0 Å². The molecular formula is C17H31NO. The van der Waals surface area contributed by atoms with Gasteiger partial charge in [-0.15, -0.1) is 0 Å². The smallest absolute Gasteiger partial charge is 0.0580 e. The molecule has 1 heterocycles. The predicted molar refractivity (Wildman–Crippen MR) is 79.1 cm³/mol. The molecule has 2 aliphatic carbocycles. The molecule has 5 atom stereocenters. The Hall–Kier alpha value is -0.0800. The number of rotatable bonds is 3. The summed E-state index contributed by atoms with van der Waals surface area (Å²) in [5, 5.41) is 10.3. The van der Waals surface area contributed by atoms with Crippen LogP contribution >= 0.6 is 0 Å². The molecule has 3 aliphatic rings. The van der Waals surface area contributed by atoms with Crippen LogP contribution in [-0.4, -0.2) is 35.2 Å². The lowest BCUT2D eigenvalue weighted by molar-refractivity contribution is 0.0201. The third-order valence-electron chi connectivity index (χ3n) is 6.22. The zero-order valence-corrected chi connectivity index (χ0v) is 12.6. The van der Waals surface area contributed by atoms with Crippen molar-refractivity contribution in [2.45, 2.75) is 76.9 Å². The summed E-state index contributed by atoms with van der Waals surface area (Å²) in [6.45, 7) is 4.79. The van der Waals surface area contributed by atoms with Crippen LogP contribution in [-0.2, 0) is 0 Å². The molecule has 3 rings (SSSR count). The zero-order chi connectivity index (χ0) is 13.2. The van der Waals surface area contributed by atoms with Crippen molar-refractivity contribution >= 4 is 0 Å². The fourth-order valence-corrected chi connectivity index (χ4v) is 4.94. The van der Waals surface area contributed by atoms with E-state index in [1.165, 1.54) is 64.5 Å². The molecule has 0 aromatic carbocycles. The fraction of sp³-hybridized carbons (Fsp3) is 1.00. The summed E-state index contributed by atoms with van der Waals surface area (Å²) >= 11 is 0. The van der Waals surface area contributed by atoms with Crippen LogP contribution < -0.4 is 0 Å². The number of nitrogens with zero attached hydrogens (tertiary/aromatic N) is 1. The summed E-state index contributed by atoms with van der Waals surface area (Å²) in [6.07, 6.45) is 12.0. The summed E-state index contributed by atoms with van der Waals surface area (Å²) in [7, 11) is 0. The van der Waals surface area contributed by atoms with Gasteiger partial charge in [0.2, 0.25) is 0 Å². The molecule has 3 fully saturated rings. The molecule has 19 heavy (non-hydrogen) atoms. The first-order chi connectivity index (χ1) is 9.28. The molecule has 1 aliphatic heterocycles. The molecule has 2 heteroatoms. The molecule has 5 unspecified atom stereocenters. The number of hydrogen-bond acceptors (Lipinski definition) is 2. The first-order valence-corrected chi connectivity index (χ1v) is 8.70. The second-order valence-electron chi connectivity index (χ2n) is 7.31. The topological polar surface area (TPSA) is 23.5 Å². The number of fused-ring (bicyclic) bond motifs is 1. The van der Waals surface area contributed by atoms with E-state index in [0.29, 0.717) is 5.92 Å². The maximum atomic E-state index is 10.3. The van der Waals surface area contributed by atoms with E-state index in [1.807, 2.05) is 0 Å². The van der Waals surface area contributed by atoms with Crippen LogP contribution in [0, 0.1) is 17.8 Å². The molecule has 0 radical (unpaired) electrons. The molecular weight excluding hydrogens is 234 g/mol. The third kappa shape index (κ3) is 3.00. The van der Waals surface area contributed by atoms with Crippen LogP contribution in [0.3, 0.4) is 0 Å². The van der Waals surface area contributed by atoms with Gasteiger partial charge in [0.1, 0.15) is 0 Å². The van der Waals surface area contributed by atoms with Crippen molar-refractivity contribution in [2.24, 2.45) is 17.8 Å². The summed E-state index contributed by atoms with van der Waals surface area (Å²) in [4.78, 5) is 2.75. The highest BCUT2D eigenvalue weighted by atomic mass is 16.3. The Morgan fingerprint density at radius 3 is 2.74 bits per heavy atom. The van der Waals surface area contributed by atoms with Gasteiger partial charge in [-0.25, -0.2) is 0 Å². The van der Waals surface area contributed by atoms with Crippen LogP contribution in [0.5, 0.6) is 0 Å². The Balaban J connectivity index is 1.57. The number of likely N-dealkylation sites (tertiary alicyclic amines) is 1. The van der Waals surface area contributed by atoms with Gasteiger partial charge in [-0.3, -0.25) is 4.90 Å². The van der Waals surface area contributed by atoms with Crippen molar-refractivity contribution in [1.29, 1.82) is 0 Å². The minimum absolute atomic E-state index is 0.0227. The Bertz CT molecular complexity index is 293. The van der Waals surface area contributed by atoms with E-state index in [2.05, 4.69) is 11.8 Å². The second kappa shape index (κ2) is 6.13. The van der Waals surface area contributed by atoms with Crippen molar-refractivity contribution in [3.63, 3.8) is 0 Å². The lowest BCUT2D eigenvalue weighted by Gasteiger charge is -2.38. The van der Waals surface area contributed by atoms with Gasteiger partial charge < -0.3 is 5.11 Å². The molecule has 0 amide bonds. The lowest BCUT2D eigenvalue weighted by atomic mass is 9.77. The van der Waals surface area contributed by atoms with Crippen molar-refractivity contribution in [3.8, 4) is 0 Å². The first kappa shape index (κ1) is 13.9. The molecule has 1 N–H and O–H groups in total. The molecule has 0 spiro atoms. The summed E-state index contributed by atoms with van der Waals surface area (Å²) in [5.41, 5.74) is 0. The predicted octanol–water partition coefficient (Wildman–Crippen LogP) is 3.44. The summed E-state index contributed by atoms with van der Waals surface area (Å²) in [5.74, 6) is 2.41. The van der Waals surface area contributed by atoms with Crippen LogP contribution in [0.15, 0.2) is 0 Å². The van der Waals surface area contributed by atoms with Gasteiger partial charge in [0, 0.05) is 12.6 Å². The highest BCUT2D eigenvalue weighted by Gasteiger charge is 2.38. The highest BCUT2D eigenvalue weighted by Crippen LogP contribution is 2.38. The van der Waals surface area contributed by atoms with Crippen LogP contribution in [0.1, 0.15) is 64.7 Å². The quantitative estimate of drug-likeness (QED) is 0.845. The monoisotopic (exact) mass is 265 g/mol. The maximum absolute atomic E-state index is 10.3. The van der Waals surface area contributed by atoms with Gasteiger partial charge in [-0.05, 0) is 62.8 Å². The number of aliphatic hydroxyl groups excluding tert-OH is 1. The molecule has 2 nitrogen and oxygen atoms in total. The third-order valence-corrected chi connectivity index (χ3v) is 6.22. The molecule has 1 saturated heterocycles. The Morgan fingerprint density at radius 1 is 1.05 bits per heavy atom. The summed E-state index contributed by atoms with van der Waals surface area (Å²) in [6, 6.07) is 0.864. The van der Waals surface area contributed by atoms with Crippen LogP contribution in [0.2, 0.25) is 0 Å². The normalized spacial score (nSPS) is 44.2. The lowest BCUT2D eigenvalue weighted by Crippen LogP contribution is -2.42. The van der Waals surface area contributed by atoms with Crippen LogP contribution in [0.25, 0.3) is 0 Å². The van der Waals surface area contributed by atoms with E-state index in [-0.39, 0.29) is 6.10 Å². The zero-order valence-electron chi connectivity index (χ0n) is 12.6. The molecule has 0 aromatic heterocycles. The van der Waals surface area contributed by atoms with Crippen molar-refractivity contribution < 1.29 is 5.11 Å².